The van der Waals surface area contributed by atoms with Gasteiger partial charge in [0.1, 0.15) is 0 Å². The Balaban J connectivity index is 1.49. The van der Waals surface area contributed by atoms with E-state index in [-0.39, 0.29) is 6.10 Å². The van der Waals surface area contributed by atoms with Crippen LogP contribution in [0.1, 0.15) is 105 Å². The van der Waals surface area contributed by atoms with Crippen LogP contribution in [0.2, 0.25) is 0 Å². The number of rotatable bonds is 5. The molecule has 160 valence electrons. The standard InChI is InChI=1S/C27H46O/c1-18(2)7-6-8-19(3)23-11-12-24-22-10-9-20-17-21(28)13-15-26(20,4)25(22)14-16-27(23,24)5/h9,18-19,21-25,28H,6-8,10-17H2,1-5H3/t19-,21-,22+,23-,24-,25-,26-,27+/m0/s1. The summed E-state index contributed by atoms with van der Waals surface area (Å²) in [5.41, 5.74) is 2.60. The first-order valence-electron chi connectivity index (χ1n) is 12.6. The Kier molecular flexibility index (Phi) is 5.80. The SMILES string of the molecule is CC(C)CCC[C@H](C)[C@@H]1CC[C@H]2[C@H]3CC=C4C[C@@H](O)CC[C@]4(C)[C@H]3CC[C@@]21C. The van der Waals surface area contributed by atoms with E-state index in [4.69, 9.17) is 0 Å². The third-order valence-electron chi connectivity index (χ3n) is 10.3. The molecule has 3 saturated carbocycles. The highest BCUT2D eigenvalue weighted by Crippen LogP contribution is 2.67. The molecule has 0 aromatic carbocycles. The van der Waals surface area contributed by atoms with Crippen molar-refractivity contribution in [2.45, 2.75) is 111 Å². The summed E-state index contributed by atoms with van der Waals surface area (Å²) in [6.45, 7) is 12.6. The molecule has 0 bridgehead atoms. The summed E-state index contributed by atoms with van der Waals surface area (Å²) in [5.74, 6) is 5.46. The number of hydrogen-bond donors (Lipinski definition) is 1. The van der Waals surface area contributed by atoms with Gasteiger partial charge in [0.2, 0.25) is 0 Å². The molecular formula is C27H46O. The fourth-order valence-electron chi connectivity index (χ4n) is 8.67. The Morgan fingerprint density at radius 3 is 2.54 bits per heavy atom. The maximum absolute atomic E-state index is 10.2. The van der Waals surface area contributed by atoms with Crippen LogP contribution in [-0.4, -0.2) is 11.2 Å². The fraction of sp³-hybridized carbons (Fsp3) is 0.926. The van der Waals surface area contributed by atoms with Crippen LogP contribution in [0.15, 0.2) is 11.6 Å². The van der Waals surface area contributed by atoms with Crippen LogP contribution < -0.4 is 0 Å². The molecular weight excluding hydrogens is 340 g/mol. The summed E-state index contributed by atoms with van der Waals surface area (Å²) in [7, 11) is 0. The Morgan fingerprint density at radius 2 is 1.79 bits per heavy atom. The smallest absolute Gasteiger partial charge is 0.0577 e. The van der Waals surface area contributed by atoms with E-state index in [2.05, 4.69) is 40.7 Å². The van der Waals surface area contributed by atoms with Gasteiger partial charge in [-0.25, -0.2) is 0 Å². The largest absolute Gasteiger partial charge is 0.393 e. The number of aliphatic hydroxyl groups is 1. The van der Waals surface area contributed by atoms with Crippen molar-refractivity contribution in [2.24, 2.45) is 46.3 Å². The minimum Gasteiger partial charge on any atom is -0.393 e. The highest BCUT2D eigenvalue weighted by atomic mass is 16.3. The molecule has 0 unspecified atom stereocenters. The molecule has 4 aliphatic carbocycles. The van der Waals surface area contributed by atoms with Crippen LogP contribution in [0.5, 0.6) is 0 Å². The molecule has 1 heteroatoms. The molecule has 0 aromatic rings. The Bertz CT molecular complexity index is 591. The third kappa shape index (κ3) is 3.42. The van der Waals surface area contributed by atoms with E-state index in [9.17, 15) is 5.11 Å². The van der Waals surface area contributed by atoms with Gasteiger partial charge in [-0.2, -0.15) is 0 Å². The van der Waals surface area contributed by atoms with Gasteiger partial charge in [0.25, 0.3) is 0 Å². The second-order valence-corrected chi connectivity index (χ2v) is 12.2. The normalized spacial score (nSPS) is 46.5. The van der Waals surface area contributed by atoms with Gasteiger partial charge in [-0.15, -0.1) is 0 Å². The lowest BCUT2D eigenvalue weighted by atomic mass is 9.47. The minimum atomic E-state index is -0.0766. The van der Waals surface area contributed by atoms with Crippen LogP contribution in [0.3, 0.4) is 0 Å². The number of fused-ring (bicyclic) bond motifs is 5. The number of allylic oxidation sites excluding steroid dienone is 1. The molecule has 3 fully saturated rings. The van der Waals surface area contributed by atoms with Gasteiger partial charge in [-0.05, 0) is 97.7 Å². The van der Waals surface area contributed by atoms with Crippen LogP contribution in [0, 0.1) is 46.3 Å². The Hall–Kier alpha value is -0.300. The van der Waals surface area contributed by atoms with Gasteiger partial charge >= 0.3 is 0 Å². The summed E-state index contributed by atoms with van der Waals surface area (Å²) < 4.78 is 0. The van der Waals surface area contributed by atoms with Crippen molar-refractivity contribution in [3.05, 3.63) is 11.6 Å². The average molecular weight is 387 g/mol. The molecule has 0 aromatic heterocycles. The molecule has 0 radical (unpaired) electrons. The summed E-state index contributed by atoms with van der Waals surface area (Å²) in [6.07, 6.45) is 17.2. The molecule has 0 amide bonds. The first-order valence-corrected chi connectivity index (χ1v) is 12.6. The maximum atomic E-state index is 10.2. The number of hydrogen-bond acceptors (Lipinski definition) is 1. The van der Waals surface area contributed by atoms with Crippen LogP contribution in [0.4, 0.5) is 0 Å². The second-order valence-electron chi connectivity index (χ2n) is 12.2. The van der Waals surface area contributed by atoms with Gasteiger partial charge in [-0.3, -0.25) is 0 Å². The van der Waals surface area contributed by atoms with Crippen molar-refractivity contribution in [3.8, 4) is 0 Å². The highest BCUT2D eigenvalue weighted by Gasteiger charge is 2.59. The predicted octanol–water partition coefficient (Wildman–Crippen LogP) is 7.39. The molecule has 0 aliphatic heterocycles. The van der Waals surface area contributed by atoms with Gasteiger partial charge in [0, 0.05) is 0 Å². The van der Waals surface area contributed by atoms with E-state index in [1.165, 1.54) is 57.8 Å². The molecule has 1 N–H and O–H groups in total. The Morgan fingerprint density at radius 1 is 1.00 bits per heavy atom. The van der Waals surface area contributed by atoms with Gasteiger partial charge in [-0.1, -0.05) is 65.5 Å². The summed E-state index contributed by atoms with van der Waals surface area (Å²) in [5, 5.41) is 10.2. The molecule has 8 atom stereocenters. The van der Waals surface area contributed by atoms with Crippen LogP contribution in [0.25, 0.3) is 0 Å². The van der Waals surface area contributed by atoms with Gasteiger partial charge < -0.3 is 5.11 Å². The zero-order valence-electron chi connectivity index (χ0n) is 19.3. The van der Waals surface area contributed by atoms with Gasteiger partial charge in [0.15, 0.2) is 0 Å². The Labute approximate surface area is 174 Å². The van der Waals surface area contributed by atoms with Crippen molar-refractivity contribution in [1.29, 1.82) is 0 Å². The number of aliphatic hydroxyl groups excluding tert-OH is 1. The molecule has 0 heterocycles. The van der Waals surface area contributed by atoms with E-state index in [0.717, 1.165) is 48.3 Å². The third-order valence-corrected chi connectivity index (χ3v) is 10.3. The van der Waals surface area contributed by atoms with Crippen LogP contribution >= 0.6 is 0 Å². The summed E-state index contributed by atoms with van der Waals surface area (Å²) in [6, 6.07) is 0. The van der Waals surface area contributed by atoms with Crippen molar-refractivity contribution in [3.63, 3.8) is 0 Å². The van der Waals surface area contributed by atoms with Crippen molar-refractivity contribution in [1.82, 2.24) is 0 Å². The first-order chi connectivity index (χ1) is 13.3. The average Bonchev–Trinajstić information content (AvgIpc) is 2.99. The van der Waals surface area contributed by atoms with E-state index in [1.54, 1.807) is 5.57 Å². The molecule has 28 heavy (non-hydrogen) atoms. The molecule has 0 spiro atoms. The zero-order chi connectivity index (χ0) is 20.1. The van der Waals surface area contributed by atoms with E-state index < -0.39 is 0 Å². The van der Waals surface area contributed by atoms with Gasteiger partial charge in [0.05, 0.1) is 6.10 Å². The van der Waals surface area contributed by atoms with E-state index in [1.807, 2.05) is 0 Å². The topological polar surface area (TPSA) is 20.2 Å². The minimum absolute atomic E-state index is 0.0766. The molecule has 1 nitrogen and oxygen atoms in total. The van der Waals surface area contributed by atoms with E-state index in [0.29, 0.717) is 10.8 Å². The van der Waals surface area contributed by atoms with Crippen molar-refractivity contribution < 1.29 is 5.11 Å². The molecule has 4 rings (SSSR count). The summed E-state index contributed by atoms with van der Waals surface area (Å²) >= 11 is 0. The lowest BCUT2D eigenvalue weighted by molar-refractivity contribution is -0.0573. The van der Waals surface area contributed by atoms with E-state index >= 15 is 0 Å². The second kappa shape index (κ2) is 7.75. The monoisotopic (exact) mass is 386 g/mol. The molecule has 0 saturated heterocycles. The highest BCUT2D eigenvalue weighted by molar-refractivity contribution is 5.25. The summed E-state index contributed by atoms with van der Waals surface area (Å²) in [4.78, 5) is 0. The lowest BCUT2D eigenvalue weighted by Gasteiger charge is -2.58. The van der Waals surface area contributed by atoms with Crippen molar-refractivity contribution in [2.75, 3.05) is 0 Å². The quantitative estimate of drug-likeness (QED) is 0.488. The maximum Gasteiger partial charge on any atom is 0.0577 e. The fourth-order valence-corrected chi connectivity index (χ4v) is 8.67. The lowest BCUT2D eigenvalue weighted by Crippen LogP contribution is -2.50. The first kappa shape index (κ1) is 21.0. The zero-order valence-corrected chi connectivity index (χ0v) is 19.3. The molecule has 4 aliphatic rings. The van der Waals surface area contributed by atoms with Crippen molar-refractivity contribution >= 4 is 0 Å². The van der Waals surface area contributed by atoms with Crippen LogP contribution in [-0.2, 0) is 0 Å². The predicted molar refractivity (Wildman–Crippen MR) is 119 cm³/mol.